The second-order valence-electron chi connectivity index (χ2n) is 4.87. The summed E-state index contributed by atoms with van der Waals surface area (Å²) in [4.78, 5) is 0. The summed E-state index contributed by atoms with van der Waals surface area (Å²) in [6.45, 7) is 6.20. The van der Waals surface area contributed by atoms with Gasteiger partial charge in [0.1, 0.15) is 5.82 Å². The van der Waals surface area contributed by atoms with E-state index in [-0.39, 0.29) is 6.04 Å². The van der Waals surface area contributed by atoms with Crippen molar-refractivity contribution in [2.75, 3.05) is 0 Å². The Hall–Kier alpha value is -1.68. The molecule has 0 fully saturated rings. The number of benzene rings is 1. The smallest absolute Gasteiger partial charge is 0.150 e. The molecular weight excluding hydrogens is 224 g/mol. The summed E-state index contributed by atoms with van der Waals surface area (Å²) in [7, 11) is 0. The Kier molecular flexibility index (Phi) is 3.77. The minimum atomic E-state index is -0.115. The van der Waals surface area contributed by atoms with Crippen LogP contribution in [0, 0.1) is 6.92 Å². The molecular formula is C14H20N4. The summed E-state index contributed by atoms with van der Waals surface area (Å²) in [5, 5.41) is 8.35. The van der Waals surface area contributed by atoms with Gasteiger partial charge in [0.2, 0.25) is 0 Å². The standard InChI is InChI=1S/C14H20N4/c1-10(2)18-11(3)16-17-14(18)13(15)9-12-7-5-4-6-8-12/h4-8,10,13H,9,15H2,1-3H3/t13-/m0/s1. The molecule has 18 heavy (non-hydrogen) atoms. The number of nitrogens with zero attached hydrogens (tertiary/aromatic N) is 3. The van der Waals surface area contributed by atoms with Gasteiger partial charge < -0.3 is 10.3 Å². The molecule has 2 rings (SSSR count). The molecule has 0 bridgehead atoms. The van der Waals surface area contributed by atoms with Crippen LogP contribution in [0.25, 0.3) is 0 Å². The zero-order valence-electron chi connectivity index (χ0n) is 11.2. The minimum absolute atomic E-state index is 0.115. The normalized spacial score (nSPS) is 12.9. The van der Waals surface area contributed by atoms with Crippen LogP contribution in [0.2, 0.25) is 0 Å². The van der Waals surface area contributed by atoms with E-state index in [1.54, 1.807) is 0 Å². The predicted molar refractivity (Wildman–Crippen MR) is 72.2 cm³/mol. The molecule has 2 aromatic rings. The summed E-state index contributed by atoms with van der Waals surface area (Å²) in [6.07, 6.45) is 0.783. The van der Waals surface area contributed by atoms with E-state index in [9.17, 15) is 0 Å². The number of rotatable bonds is 4. The Morgan fingerprint density at radius 2 is 1.83 bits per heavy atom. The topological polar surface area (TPSA) is 56.7 Å². The highest BCUT2D eigenvalue weighted by atomic mass is 15.3. The van der Waals surface area contributed by atoms with Crippen molar-refractivity contribution in [3.63, 3.8) is 0 Å². The van der Waals surface area contributed by atoms with Gasteiger partial charge in [0, 0.05) is 6.04 Å². The molecule has 0 saturated heterocycles. The van der Waals surface area contributed by atoms with Gasteiger partial charge in [-0.1, -0.05) is 30.3 Å². The van der Waals surface area contributed by atoms with Crippen LogP contribution in [0.15, 0.2) is 30.3 Å². The molecule has 4 nitrogen and oxygen atoms in total. The van der Waals surface area contributed by atoms with E-state index in [2.05, 4.69) is 40.7 Å². The fraction of sp³-hybridized carbons (Fsp3) is 0.429. The van der Waals surface area contributed by atoms with E-state index >= 15 is 0 Å². The largest absolute Gasteiger partial charge is 0.321 e. The number of aryl methyl sites for hydroxylation is 1. The number of nitrogens with two attached hydrogens (primary N) is 1. The van der Waals surface area contributed by atoms with E-state index in [1.165, 1.54) is 5.56 Å². The van der Waals surface area contributed by atoms with Crippen molar-refractivity contribution in [3.8, 4) is 0 Å². The lowest BCUT2D eigenvalue weighted by Gasteiger charge is -2.17. The van der Waals surface area contributed by atoms with Gasteiger partial charge in [0.05, 0.1) is 6.04 Å². The molecule has 0 unspecified atom stereocenters. The lowest BCUT2D eigenvalue weighted by molar-refractivity contribution is 0.518. The van der Waals surface area contributed by atoms with Gasteiger partial charge in [-0.05, 0) is 32.8 Å². The molecule has 1 atom stereocenters. The first kappa shape index (κ1) is 12.8. The summed E-state index contributed by atoms with van der Waals surface area (Å²) in [6, 6.07) is 10.5. The van der Waals surface area contributed by atoms with Gasteiger partial charge in [0.15, 0.2) is 5.82 Å². The van der Waals surface area contributed by atoms with Gasteiger partial charge >= 0.3 is 0 Å². The van der Waals surface area contributed by atoms with Gasteiger partial charge in [-0.25, -0.2) is 0 Å². The lowest BCUT2D eigenvalue weighted by Crippen LogP contribution is -2.20. The molecule has 96 valence electrons. The van der Waals surface area contributed by atoms with E-state index < -0.39 is 0 Å². The molecule has 1 heterocycles. The third-order valence-corrected chi connectivity index (χ3v) is 3.04. The molecule has 0 spiro atoms. The van der Waals surface area contributed by atoms with Crippen LogP contribution in [0.5, 0.6) is 0 Å². The van der Waals surface area contributed by atoms with Gasteiger partial charge in [-0.15, -0.1) is 10.2 Å². The highest BCUT2D eigenvalue weighted by Gasteiger charge is 2.18. The molecule has 0 aliphatic rings. The first-order valence-electron chi connectivity index (χ1n) is 6.30. The van der Waals surface area contributed by atoms with Gasteiger partial charge in [0.25, 0.3) is 0 Å². The average Bonchev–Trinajstić information content (AvgIpc) is 2.72. The maximum absolute atomic E-state index is 6.26. The zero-order valence-corrected chi connectivity index (χ0v) is 11.2. The second-order valence-corrected chi connectivity index (χ2v) is 4.87. The van der Waals surface area contributed by atoms with Gasteiger partial charge in [-0.3, -0.25) is 0 Å². The lowest BCUT2D eigenvalue weighted by atomic mass is 10.1. The van der Waals surface area contributed by atoms with Crippen LogP contribution in [-0.2, 0) is 6.42 Å². The molecule has 0 aliphatic carbocycles. The third kappa shape index (κ3) is 2.59. The average molecular weight is 244 g/mol. The Morgan fingerprint density at radius 3 is 2.44 bits per heavy atom. The number of hydrogen-bond donors (Lipinski definition) is 1. The maximum Gasteiger partial charge on any atom is 0.150 e. The molecule has 1 aromatic carbocycles. The molecule has 2 N–H and O–H groups in total. The Morgan fingerprint density at radius 1 is 1.17 bits per heavy atom. The Labute approximate surface area is 108 Å². The van der Waals surface area contributed by atoms with Crippen LogP contribution in [0.1, 0.15) is 43.1 Å². The summed E-state index contributed by atoms with van der Waals surface area (Å²) in [5.74, 6) is 1.79. The van der Waals surface area contributed by atoms with Gasteiger partial charge in [-0.2, -0.15) is 0 Å². The van der Waals surface area contributed by atoms with E-state index in [1.807, 2.05) is 25.1 Å². The van der Waals surface area contributed by atoms with Crippen molar-refractivity contribution in [1.82, 2.24) is 14.8 Å². The first-order chi connectivity index (χ1) is 8.59. The van der Waals surface area contributed by atoms with Crippen molar-refractivity contribution in [2.45, 2.75) is 39.3 Å². The third-order valence-electron chi connectivity index (χ3n) is 3.04. The van der Waals surface area contributed by atoms with Crippen molar-refractivity contribution in [2.24, 2.45) is 5.73 Å². The van der Waals surface area contributed by atoms with Crippen LogP contribution < -0.4 is 5.73 Å². The van der Waals surface area contributed by atoms with Crippen LogP contribution >= 0.6 is 0 Å². The molecule has 1 aromatic heterocycles. The molecule has 0 amide bonds. The van der Waals surface area contributed by atoms with E-state index in [0.717, 1.165) is 18.1 Å². The van der Waals surface area contributed by atoms with Crippen molar-refractivity contribution < 1.29 is 0 Å². The van der Waals surface area contributed by atoms with Crippen LogP contribution in [0.4, 0.5) is 0 Å². The number of aromatic nitrogens is 3. The predicted octanol–water partition coefficient (Wildman–Crippen LogP) is 2.41. The molecule has 0 radical (unpaired) electrons. The Balaban J connectivity index is 2.22. The monoisotopic (exact) mass is 244 g/mol. The second kappa shape index (κ2) is 5.31. The van der Waals surface area contributed by atoms with Crippen LogP contribution in [0.3, 0.4) is 0 Å². The van der Waals surface area contributed by atoms with Crippen molar-refractivity contribution >= 4 is 0 Å². The van der Waals surface area contributed by atoms with E-state index in [0.29, 0.717) is 6.04 Å². The SMILES string of the molecule is Cc1nnc([C@@H](N)Cc2ccccc2)n1C(C)C. The fourth-order valence-electron chi connectivity index (χ4n) is 2.24. The quantitative estimate of drug-likeness (QED) is 0.898. The fourth-order valence-corrected chi connectivity index (χ4v) is 2.24. The van der Waals surface area contributed by atoms with Crippen molar-refractivity contribution in [1.29, 1.82) is 0 Å². The molecule has 4 heteroatoms. The first-order valence-corrected chi connectivity index (χ1v) is 6.30. The highest BCUT2D eigenvalue weighted by molar-refractivity contribution is 5.17. The molecule has 0 aliphatic heterocycles. The number of hydrogen-bond acceptors (Lipinski definition) is 3. The van der Waals surface area contributed by atoms with Crippen molar-refractivity contribution in [3.05, 3.63) is 47.5 Å². The zero-order chi connectivity index (χ0) is 13.1. The van der Waals surface area contributed by atoms with E-state index in [4.69, 9.17) is 5.73 Å². The summed E-state index contributed by atoms with van der Waals surface area (Å²) >= 11 is 0. The maximum atomic E-state index is 6.26. The minimum Gasteiger partial charge on any atom is -0.321 e. The van der Waals surface area contributed by atoms with Crippen LogP contribution in [-0.4, -0.2) is 14.8 Å². The molecule has 0 saturated carbocycles. The Bertz CT molecular complexity index is 502. The summed E-state index contributed by atoms with van der Waals surface area (Å²) in [5.41, 5.74) is 7.48. The highest BCUT2D eigenvalue weighted by Crippen LogP contribution is 2.19. The summed E-state index contributed by atoms with van der Waals surface area (Å²) < 4.78 is 2.10.